The van der Waals surface area contributed by atoms with E-state index in [9.17, 15) is 9.59 Å². The summed E-state index contributed by atoms with van der Waals surface area (Å²) in [6.45, 7) is 2.07. The number of hydrogen-bond acceptors (Lipinski definition) is 7. The number of methoxy groups -OCH3 is 1. The smallest absolute Gasteiger partial charge is 0.339 e. The Morgan fingerprint density at radius 2 is 1.90 bits per heavy atom. The minimum absolute atomic E-state index is 0.324. The molecule has 0 saturated carbocycles. The molecule has 0 aliphatic carbocycles. The number of thioether (sulfide) groups is 1. The van der Waals surface area contributed by atoms with Crippen LogP contribution in [0.25, 0.3) is 0 Å². The molecular weight excluding hydrogens is 432 g/mol. The maximum absolute atomic E-state index is 12.5. The molecule has 0 saturated heterocycles. The Labute approximate surface area is 190 Å². The maximum atomic E-state index is 12.5. The van der Waals surface area contributed by atoms with E-state index in [2.05, 4.69) is 10.3 Å². The molecule has 1 heterocycles. The van der Waals surface area contributed by atoms with Gasteiger partial charge in [0, 0.05) is 22.6 Å². The number of para-hydroxylation sites is 1. The Morgan fingerprint density at radius 3 is 2.68 bits per heavy atom. The standard InChI is InChI=1S/C23H24N2O4S2/c1-16-25-18(14-30-16)15-31-21-10-6-4-8-19(21)23(27)29-13-22(26)24-12-11-17-7-3-5-9-20(17)28-2/h3-10,14H,11-13,15H2,1-2H3,(H,24,26). The van der Waals surface area contributed by atoms with E-state index in [-0.39, 0.29) is 12.5 Å². The van der Waals surface area contributed by atoms with Gasteiger partial charge in [0.15, 0.2) is 6.61 Å². The van der Waals surface area contributed by atoms with Crippen molar-refractivity contribution >= 4 is 35.0 Å². The number of amides is 1. The van der Waals surface area contributed by atoms with Gasteiger partial charge in [-0.05, 0) is 37.1 Å². The number of hydrogen-bond donors (Lipinski definition) is 1. The van der Waals surface area contributed by atoms with Crippen molar-refractivity contribution < 1.29 is 19.1 Å². The molecule has 1 amide bonds. The lowest BCUT2D eigenvalue weighted by Crippen LogP contribution is -2.30. The van der Waals surface area contributed by atoms with E-state index in [1.165, 1.54) is 11.8 Å². The average molecular weight is 457 g/mol. The number of nitrogens with one attached hydrogen (secondary N) is 1. The van der Waals surface area contributed by atoms with Gasteiger partial charge in [0.2, 0.25) is 0 Å². The molecule has 3 rings (SSSR count). The molecule has 0 aliphatic rings. The predicted molar refractivity (Wildman–Crippen MR) is 123 cm³/mol. The van der Waals surface area contributed by atoms with E-state index in [1.807, 2.05) is 48.7 Å². The molecule has 0 unspecified atom stereocenters. The normalized spacial score (nSPS) is 10.5. The van der Waals surface area contributed by atoms with Gasteiger partial charge in [-0.2, -0.15) is 0 Å². The molecule has 0 aliphatic heterocycles. The Morgan fingerprint density at radius 1 is 1.13 bits per heavy atom. The van der Waals surface area contributed by atoms with Gasteiger partial charge < -0.3 is 14.8 Å². The van der Waals surface area contributed by atoms with E-state index in [0.717, 1.165) is 26.9 Å². The van der Waals surface area contributed by atoms with Gasteiger partial charge in [-0.3, -0.25) is 4.79 Å². The highest BCUT2D eigenvalue weighted by molar-refractivity contribution is 7.98. The Kier molecular flexibility index (Phi) is 8.49. The van der Waals surface area contributed by atoms with E-state index in [0.29, 0.717) is 24.3 Å². The van der Waals surface area contributed by atoms with Crippen molar-refractivity contribution in [2.45, 2.75) is 24.0 Å². The van der Waals surface area contributed by atoms with Crippen LogP contribution in [-0.2, 0) is 21.7 Å². The number of esters is 1. The first kappa shape index (κ1) is 22.8. The summed E-state index contributed by atoms with van der Waals surface area (Å²) in [5, 5.41) is 5.80. The number of rotatable bonds is 10. The molecule has 0 radical (unpaired) electrons. The number of aryl methyl sites for hydroxylation is 1. The zero-order valence-corrected chi connectivity index (χ0v) is 19.1. The highest BCUT2D eigenvalue weighted by Gasteiger charge is 2.15. The molecule has 0 spiro atoms. The zero-order valence-electron chi connectivity index (χ0n) is 17.4. The maximum Gasteiger partial charge on any atom is 0.339 e. The second-order valence-corrected chi connectivity index (χ2v) is 8.71. The zero-order chi connectivity index (χ0) is 22.1. The third-order valence-corrected chi connectivity index (χ3v) is 6.32. The summed E-state index contributed by atoms with van der Waals surface area (Å²) in [6.07, 6.45) is 0.624. The molecular formula is C23H24N2O4S2. The number of benzene rings is 2. The number of ether oxygens (including phenoxy) is 2. The van der Waals surface area contributed by atoms with Crippen LogP contribution in [0.4, 0.5) is 0 Å². The molecule has 2 aromatic carbocycles. The van der Waals surface area contributed by atoms with Gasteiger partial charge in [-0.1, -0.05) is 30.3 Å². The summed E-state index contributed by atoms with van der Waals surface area (Å²) >= 11 is 3.12. The van der Waals surface area contributed by atoms with Crippen molar-refractivity contribution in [3.63, 3.8) is 0 Å². The van der Waals surface area contributed by atoms with Crippen molar-refractivity contribution in [1.82, 2.24) is 10.3 Å². The molecule has 8 heteroatoms. The SMILES string of the molecule is COc1ccccc1CCNC(=O)COC(=O)c1ccccc1SCc1csc(C)n1. The summed E-state index contributed by atoms with van der Waals surface area (Å²) in [4.78, 5) is 29.9. The molecule has 1 N–H and O–H groups in total. The van der Waals surface area contributed by atoms with Gasteiger partial charge in [0.25, 0.3) is 5.91 Å². The van der Waals surface area contributed by atoms with Crippen LogP contribution in [0.3, 0.4) is 0 Å². The van der Waals surface area contributed by atoms with E-state index >= 15 is 0 Å². The van der Waals surface area contributed by atoms with Crippen LogP contribution in [0.5, 0.6) is 5.75 Å². The van der Waals surface area contributed by atoms with E-state index < -0.39 is 5.97 Å². The first-order valence-corrected chi connectivity index (χ1v) is 11.6. The fraction of sp³-hybridized carbons (Fsp3) is 0.261. The number of carbonyl (C=O) groups is 2. The molecule has 6 nitrogen and oxygen atoms in total. The summed E-state index contributed by atoms with van der Waals surface area (Å²) in [6, 6.07) is 14.9. The summed E-state index contributed by atoms with van der Waals surface area (Å²) in [7, 11) is 1.62. The molecule has 0 bridgehead atoms. The lowest BCUT2D eigenvalue weighted by Gasteiger charge is -2.10. The summed E-state index contributed by atoms with van der Waals surface area (Å²) < 4.78 is 10.5. The Hall–Kier alpha value is -2.84. The van der Waals surface area contributed by atoms with Gasteiger partial charge in [0.05, 0.1) is 23.4 Å². The Bertz CT molecular complexity index is 1040. The van der Waals surface area contributed by atoms with Crippen LogP contribution in [0.2, 0.25) is 0 Å². The fourth-order valence-corrected chi connectivity index (χ4v) is 4.54. The van der Waals surface area contributed by atoms with Crippen molar-refractivity contribution in [3.05, 3.63) is 75.7 Å². The second kappa shape index (κ2) is 11.5. The average Bonchev–Trinajstić information content (AvgIpc) is 3.21. The van der Waals surface area contributed by atoms with Crippen molar-refractivity contribution in [1.29, 1.82) is 0 Å². The summed E-state index contributed by atoms with van der Waals surface area (Å²) in [5.74, 6) is 0.590. The lowest BCUT2D eigenvalue weighted by atomic mass is 10.1. The number of nitrogens with zero attached hydrogens (tertiary/aromatic N) is 1. The van der Waals surface area contributed by atoms with Crippen LogP contribution < -0.4 is 10.1 Å². The Balaban J connectivity index is 1.47. The number of thiazole rings is 1. The van der Waals surface area contributed by atoms with Gasteiger partial charge >= 0.3 is 5.97 Å². The third kappa shape index (κ3) is 6.83. The largest absolute Gasteiger partial charge is 0.496 e. The topological polar surface area (TPSA) is 77.5 Å². The molecule has 0 atom stereocenters. The monoisotopic (exact) mass is 456 g/mol. The van der Waals surface area contributed by atoms with Crippen molar-refractivity contribution in [3.8, 4) is 5.75 Å². The first-order chi connectivity index (χ1) is 15.1. The van der Waals surface area contributed by atoms with Crippen LogP contribution in [-0.4, -0.2) is 37.1 Å². The number of aromatic nitrogens is 1. The molecule has 3 aromatic rings. The van der Waals surface area contributed by atoms with Crippen LogP contribution in [0, 0.1) is 6.92 Å². The minimum Gasteiger partial charge on any atom is -0.496 e. The minimum atomic E-state index is -0.516. The lowest BCUT2D eigenvalue weighted by molar-refractivity contribution is -0.124. The van der Waals surface area contributed by atoms with Gasteiger partial charge in [-0.15, -0.1) is 23.1 Å². The predicted octanol–water partition coefficient (Wildman–Crippen LogP) is 4.27. The molecule has 31 heavy (non-hydrogen) atoms. The third-order valence-electron chi connectivity index (χ3n) is 4.39. The second-order valence-electron chi connectivity index (χ2n) is 6.63. The quantitative estimate of drug-likeness (QED) is 0.363. The van der Waals surface area contributed by atoms with E-state index in [1.54, 1.807) is 30.6 Å². The number of carbonyl (C=O) groups excluding carboxylic acids is 2. The highest BCUT2D eigenvalue weighted by atomic mass is 32.2. The van der Waals surface area contributed by atoms with Crippen molar-refractivity contribution in [2.24, 2.45) is 0 Å². The molecule has 1 aromatic heterocycles. The highest BCUT2D eigenvalue weighted by Crippen LogP contribution is 2.27. The fourth-order valence-electron chi connectivity index (χ4n) is 2.89. The molecule has 0 fully saturated rings. The van der Waals surface area contributed by atoms with Crippen LogP contribution in [0.15, 0.2) is 58.8 Å². The van der Waals surface area contributed by atoms with Crippen LogP contribution >= 0.6 is 23.1 Å². The van der Waals surface area contributed by atoms with Gasteiger partial charge in [-0.25, -0.2) is 9.78 Å². The first-order valence-electron chi connectivity index (χ1n) is 9.75. The van der Waals surface area contributed by atoms with Crippen LogP contribution in [0.1, 0.15) is 26.6 Å². The van der Waals surface area contributed by atoms with Gasteiger partial charge in [0.1, 0.15) is 5.75 Å². The van der Waals surface area contributed by atoms with E-state index in [4.69, 9.17) is 9.47 Å². The molecule has 162 valence electrons. The summed E-state index contributed by atoms with van der Waals surface area (Å²) in [5.41, 5.74) is 2.43. The van der Waals surface area contributed by atoms with Crippen molar-refractivity contribution in [2.75, 3.05) is 20.3 Å².